The number of aliphatic hydroxyl groups excluding tert-OH is 1. The highest BCUT2D eigenvalue weighted by Crippen LogP contribution is 2.44. The van der Waals surface area contributed by atoms with Crippen LogP contribution in [0.25, 0.3) is 32.9 Å². The van der Waals surface area contributed by atoms with Crippen molar-refractivity contribution in [3.8, 4) is 28.9 Å². The summed E-state index contributed by atoms with van der Waals surface area (Å²) in [5.41, 5.74) is -1.80. The van der Waals surface area contributed by atoms with Crippen LogP contribution >= 0.6 is 0 Å². The highest BCUT2D eigenvalue weighted by Gasteiger charge is 2.47. The minimum atomic E-state index is -1.39. The lowest BCUT2D eigenvalue weighted by Crippen LogP contribution is -2.44. The Morgan fingerprint density at radius 1 is 1.17 bits per heavy atom. The third kappa shape index (κ3) is 5.66. The third-order valence-corrected chi connectivity index (χ3v) is 9.48. The van der Waals surface area contributed by atoms with Crippen LogP contribution in [0.15, 0.2) is 42.2 Å². The summed E-state index contributed by atoms with van der Waals surface area (Å²) in [7, 11) is 1.33. The molecule has 0 amide bonds. The van der Waals surface area contributed by atoms with Gasteiger partial charge in [0.1, 0.15) is 46.2 Å². The van der Waals surface area contributed by atoms with Gasteiger partial charge >= 0.3 is 6.01 Å². The molecule has 48 heavy (non-hydrogen) atoms. The van der Waals surface area contributed by atoms with E-state index in [1.807, 2.05) is 0 Å². The van der Waals surface area contributed by atoms with Gasteiger partial charge in [-0.25, -0.2) is 18.2 Å². The Morgan fingerprint density at radius 2 is 2.00 bits per heavy atom. The number of hydrogen-bond acceptors (Lipinski definition) is 11. The fraction of sp³-hybridized carbons (Fsp3) is 0.441. The van der Waals surface area contributed by atoms with Crippen molar-refractivity contribution in [2.45, 2.75) is 43.4 Å². The van der Waals surface area contributed by atoms with Crippen molar-refractivity contribution in [3.63, 3.8) is 0 Å². The standard InChI is InChI=1S/C34H36F3N5O6/c1-33(45)16-41(14-22(15-43)47-17-33)30-26-29(39-32(40-30)48-18-34-7-4-8-42(34)13-19(11-34)12-35)27(37)28(38-31(26)46-2)23-10-21(44)9-20-5-3-6-24(36)25(20)23/h3,5-6,9-10,12,22,43-45H,4,7-8,11,13-18H2,1-2H3/b19-12-. The number of rotatable bonds is 7. The molecule has 4 aromatic rings. The molecule has 3 aliphatic rings. The van der Waals surface area contributed by atoms with Crippen LogP contribution in [0, 0.1) is 11.6 Å². The smallest absolute Gasteiger partial charge is 0.319 e. The number of aromatic nitrogens is 3. The largest absolute Gasteiger partial charge is 0.508 e. The fourth-order valence-corrected chi connectivity index (χ4v) is 7.32. The minimum absolute atomic E-state index is 0.0214. The summed E-state index contributed by atoms with van der Waals surface area (Å²) in [6, 6.07) is 6.71. The van der Waals surface area contributed by atoms with Gasteiger partial charge in [-0.05, 0) is 61.9 Å². The molecule has 3 atom stereocenters. The summed E-state index contributed by atoms with van der Waals surface area (Å²) in [5.74, 6) is -1.81. The zero-order chi connectivity index (χ0) is 33.8. The van der Waals surface area contributed by atoms with Crippen molar-refractivity contribution < 1.29 is 42.7 Å². The van der Waals surface area contributed by atoms with E-state index in [9.17, 15) is 19.7 Å². The molecule has 0 aliphatic carbocycles. The lowest BCUT2D eigenvalue weighted by Gasteiger charge is -2.32. The number of phenols is 1. The third-order valence-electron chi connectivity index (χ3n) is 9.48. The summed E-state index contributed by atoms with van der Waals surface area (Å²) in [6.45, 7) is 2.56. The summed E-state index contributed by atoms with van der Waals surface area (Å²) in [5, 5.41) is 32.1. The number of anilines is 1. The maximum Gasteiger partial charge on any atom is 0.319 e. The van der Waals surface area contributed by atoms with Crippen molar-refractivity contribution in [2.24, 2.45) is 0 Å². The second-order valence-electron chi connectivity index (χ2n) is 13.1. The number of benzene rings is 2. The molecule has 2 aromatic heterocycles. The minimum Gasteiger partial charge on any atom is -0.508 e. The number of pyridine rings is 1. The second-order valence-corrected chi connectivity index (χ2v) is 13.1. The Kier molecular flexibility index (Phi) is 8.30. The quantitative estimate of drug-likeness (QED) is 0.261. The normalized spacial score (nSPS) is 25.6. The van der Waals surface area contributed by atoms with Gasteiger partial charge in [0.2, 0.25) is 5.88 Å². The van der Waals surface area contributed by atoms with Gasteiger partial charge in [-0.1, -0.05) is 12.1 Å². The average Bonchev–Trinajstić information content (AvgIpc) is 3.57. The van der Waals surface area contributed by atoms with Crippen LogP contribution < -0.4 is 14.4 Å². The maximum atomic E-state index is 17.0. The lowest BCUT2D eigenvalue weighted by atomic mass is 9.94. The van der Waals surface area contributed by atoms with Crippen LogP contribution in [0.3, 0.4) is 0 Å². The fourth-order valence-electron chi connectivity index (χ4n) is 7.32. The van der Waals surface area contributed by atoms with Crippen molar-refractivity contribution in [1.29, 1.82) is 0 Å². The van der Waals surface area contributed by atoms with Gasteiger partial charge in [-0.3, -0.25) is 4.90 Å². The molecular weight excluding hydrogens is 631 g/mol. The van der Waals surface area contributed by atoms with Crippen molar-refractivity contribution in [1.82, 2.24) is 19.9 Å². The van der Waals surface area contributed by atoms with Gasteiger partial charge in [0, 0.05) is 24.0 Å². The van der Waals surface area contributed by atoms with E-state index >= 15 is 8.78 Å². The molecule has 14 heteroatoms. The number of hydrogen-bond donors (Lipinski definition) is 3. The molecule has 2 aromatic carbocycles. The maximum absolute atomic E-state index is 17.0. The average molecular weight is 668 g/mol. The number of aromatic hydroxyl groups is 1. The van der Waals surface area contributed by atoms with E-state index in [-0.39, 0.29) is 83.9 Å². The molecule has 3 aliphatic heterocycles. The molecule has 3 fully saturated rings. The number of ether oxygens (including phenoxy) is 3. The zero-order valence-corrected chi connectivity index (χ0v) is 26.5. The number of methoxy groups -OCH3 is 1. The SMILES string of the molecule is COc1nc(-c2cc(O)cc3cccc(F)c23)c(F)c2nc(OCC34CCCN3C/C(=C\F)C4)nc(N3CC(CO)OCC(C)(O)C3)c12. The Labute approximate surface area is 274 Å². The van der Waals surface area contributed by atoms with Gasteiger partial charge < -0.3 is 34.4 Å². The molecule has 5 heterocycles. The van der Waals surface area contributed by atoms with Crippen LogP contribution in [-0.4, -0.2) is 106 Å². The molecule has 0 saturated carbocycles. The number of fused-ring (bicyclic) bond motifs is 3. The molecule has 11 nitrogen and oxygen atoms in total. The molecule has 3 saturated heterocycles. The molecule has 7 rings (SSSR count). The molecule has 0 bridgehead atoms. The predicted octanol–water partition coefficient (Wildman–Crippen LogP) is 4.26. The summed E-state index contributed by atoms with van der Waals surface area (Å²) >= 11 is 0. The first-order valence-electron chi connectivity index (χ1n) is 15.8. The monoisotopic (exact) mass is 667 g/mol. The van der Waals surface area contributed by atoms with Crippen LogP contribution in [-0.2, 0) is 4.74 Å². The van der Waals surface area contributed by atoms with Gasteiger partial charge in [-0.2, -0.15) is 9.97 Å². The first-order valence-corrected chi connectivity index (χ1v) is 15.8. The van der Waals surface area contributed by atoms with Crippen molar-refractivity contribution >= 4 is 27.5 Å². The summed E-state index contributed by atoms with van der Waals surface area (Å²) in [4.78, 5) is 17.5. The van der Waals surface area contributed by atoms with Crippen molar-refractivity contribution in [2.75, 3.05) is 58.0 Å². The summed E-state index contributed by atoms with van der Waals surface area (Å²) < 4.78 is 63.4. The molecule has 0 radical (unpaired) electrons. The van der Waals surface area contributed by atoms with Crippen LogP contribution in [0.4, 0.5) is 19.0 Å². The number of halogens is 3. The van der Waals surface area contributed by atoms with Gasteiger partial charge in [0.05, 0.1) is 44.8 Å². The van der Waals surface area contributed by atoms with E-state index in [4.69, 9.17) is 19.2 Å². The summed E-state index contributed by atoms with van der Waals surface area (Å²) in [6.07, 6.45) is 2.07. The van der Waals surface area contributed by atoms with E-state index in [0.29, 0.717) is 30.3 Å². The number of aliphatic hydroxyl groups is 2. The highest BCUT2D eigenvalue weighted by atomic mass is 19.1. The molecular formula is C34H36F3N5O6. The number of β-amino-alcohol motifs (C(OH)–C–C–N with tert-alkyl or cyclic N) is 1. The van der Waals surface area contributed by atoms with Crippen LogP contribution in [0.1, 0.15) is 26.2 Å². The van der Waals surface area contributed by atoms with Crippen LogP contribution in [0.2, 0.25) is 0 Å². The second kappa shape index (κ2) is 12.3. The van der Waals surface area contributed by atoms with Crippen LogP contribution in [0.5, 0.6) is 17.6 Å². The lowest BCUT2D eigenvalue weighted by molar-refractivity contribution is -0.0528. The predicted molar refractivity (Wildman–Crippen MR) is 171 cm³/mol. The molecule has 3 unspecified atom stereocenters. The molecule has 254 valence electrons. The molecule has 0 spiro atoms. The Bertz CT molecular complexity index is 1930. The zero-order valence-electron chi connectivity index (χ0n) is 26.5. The van der Waals surface area contributed by atoms with E-state index < -0.39 is 28.9 Å². The Hall–Kier alpha value is -4.24. The van der Waals surface area contributed by atoms with E-state index in [0.717, 1.165) is 19.4 Å². The number of phenolic OH excluding ortho intramolecular Hbond substituents is 1. The number of nitrogens with zero attached hydrogens (tertiary/aromatic N) is 5. The Balaban J connectivity index is 1.43. The first kappa shape index (κ1) is 32.3. The highest BCUT2D eigenvalue weighted by molar-refractivity contribution is 6.02. The van der Waals surface area contributed by atoms with E-state index in [2.05, 4.69) is 14.9 Å². The topological polar surface area (TPSA) is 134 Å². The van der Waals surface area contributed by atoms with E-state index in [1.165, 1.54) is 31.4 Å². The van der Waals surface area contributed by atoms with Crippen molar-refractivity contribution in [3.05, 3.63) is 53.9 Å². The van der Waals surface area contributed by atoms with E-state index in [1.54, 1.807) is 17.9 Å². The van der Waals surface area contributed by atoms with Gasteiger partial charge in [0.15, 0.2) is 5.82 Å². The molecule has 3 N–H and O–H groups in total. The first-order chi connectivity index (χ1) is 23.0. The Morgan fingerprint density at radius 3 is 2.77 bits per heavy atom. The van der Waals surface area contributed by atoms with Gasteiger partial charge in [-0.15, -0.1) is 0 Å². The van der Waals surface area contributed by atoms with Gasteiger partial charge in [0.25, 0.3) is 0 Å².